The first-order valence-corrected chi connectivity index (χ1v) is 9.83. The Bertz CT molecular complexity index is 1010. The first-order valence-electron chi connectivity index (χ1n) is 9.45. The van der Waals surface area contributed by atoms with Crippen LogP contribution in [-0.2, 0) is 14.3 Å². The molecule has 2 aliphatic rings. The third-order valence-electron chi connectivity index (χ3n) is 5.11. The number of benzene rings is 2. The SMILES string of the molecule is COc1ccc(Cl)cc1N1CC(C(=O)Nc2cccc(N3CCOC3=O)c2)CC1=O. The number of methoxy groups -OCH3 is 1. The summed E-state index contributed by atoms with van der Waals surface area (Å²) in [6, 6.07) is 12.0. The Kier molecular flexibility index (Phi) is 5.50. The number of cyclic esters (lactones) is 1. The molecule has 30 heavy (non-hydrogen) atoms. The van der Waals surface area contributed by atoms with Gasteiger partial charge in [-0.05, 0) is 36.4 Å². The summed E-state index contributed by atoms with van der Waals surface area (Å²) < 4.78 is 10.3. The van der Waals surface area contributed by atoms with Crippen molar-refractivity contribution in [3.63, 3.8) is 0 Å². The van der Waals surface area contributed by atoms with E-state index in [0.29, 0.717) is 41.0 Å². The van der Waals surface area contributed by atoms with E-state index in [1.165, 1.54) is 16.9 Å². The van der Waals surface area contributed by atoms with Gasteiger partial charge in [-0.3, -0.25) is 14.5 Å². The highest BCUT2D eigenvalue weighted by molar-refractivity contribution is 6.31. The van der Waals surface area contributed by atoms with Gasteiger partial charge in [0.15, 0.2) is 0 Å². The van der Waals surface area contributed by atoms with E-state index in [1.807, 2.05) is 0 Å². The normalized spacial score (nSPS) is 18.5. The van der Waals surface area contributed by atoms with Gasteiger partial charge in [0.25, 0.3) is 0 Å². The lowest BCUT2D eigenvalue weighted by molar-refractivity contribution is -0.122. The average Bonchev–Trinajstić information content (AvgIpc) is 3.33. The van der Waals surface area contributed by atoms with E-state index in [2.05, 4.69) is 5.32 Å². The number of carbonyl (C=O) groups is 3. The Morgan fingerprint density at radius 2 is 2.03 bits per heavy atom. The summed E-state index contributed by atoms with van der Waals surface area (Å²) in [5.74, 6) is -0.460. The fourth-order valence-corrected chi connectivity index (χ4v) is 3.78. The maximum absolute atomic E-state index is 12.8. The number of rotatable bonds is 5. The molecule has 1 unspecified atom stereocenters. The van der Waals surface area contributed by atoms with E-state index in [4.69, 9.17) is 21.1 Å². The molecular formula is C21H20ClN3O5. The molecule has 0 aromatic heterocycles. The van der Waals surface area contributed by atoms with Crippen LogP contribution in [0.5, 0.6) is 5.75 Å². The number of hydrogen-bond donors (Lipinski definition) is 1. The molecule has 2 fully saturated rings. The zero-order valence-corrected chi connectivity index (χ0v) is 17.0. The Hall–Kier alpha value is -3.26. The third kappa shape index (κ3) is 3.91. The highest BCUT2D eigenvalue weighted by atomic mass is 35.5. The highest BCUT2D eigenvalue weighted by Crippen LogP contribution is 2.35. The second kappa shape index (κ2) is 8.23. The van der Waals surface area contributed by atoms with Crippen LogP contribution in [-0.4, -0.2) is 44.7 Å². The van der Waals surface area contributed by atoms with Gasteiger partial charge in [-0.2, -0.15) is 0 Å². The number of nitrogens with zero attached hydrogens (tertiary/aromatic N) is 2. The van der Waals surface area contributed by atoms with Gasteiger partial charge in [-0.25, -0.2) is 4.79 Å². The lowest BCUT2D eigenvalue weighted by atomic mass is 10.1. The third-order valence-corrected chi connectivity index (χ3v) is 5.35. The molecule has 1 N–H and O–H groups in total. The van der Waals surface area contributed by atoms with Crippen molar-refractivity contribution in [2.24, 2.45) is 5.92 Å². The molecule has 4 rings (SSSR count). The van der Waals surface area contributed by atoms with Crippen molar-refractivity contribution in [1.29, 1.82) is 0 Å². The number of amides is 3. The van der Waals surface area contributed by atoms with E-state index >= 15 is 0 Å². The molecule has 2 heterocycles. The highest BCUT2D eigenvalue weighted by Gasteiger charge is 2.36. The zero-order chi connectivity index (χ0) is 21.3. The summed E-state index contributed by atoms with van der Waals surface area (Å²) in [4.78, 5) is 40.2. The van der Waals surface area contributed by atoms with E-state index in [-0.39, 0.29) is 24.8 Å². The Morgan fingerprint density at radius 1 is 1.20 bits per heavy atom. The predicted molar refractivity (Wildman–Crippen MR) is 112 cm³/mol. The number of nitrogens with one attached hydrogen (secondary N) is 1. The molecule has 1 atom stereocenters. The number of halogens is 1. The van der Waals surface area contributed by atoms with Gasteiger partial charge in [0.05, 0.1) is 25.3 Å². The molecule has 0 saturated carbocycles. The van der Waals surface area contributed by atoms with Crippen LogP contribution in [0, 0.1) is 5.92 Å². The van der Waals surface area contributed by atoms with Crippen molar-refractivity contribution in [2.45, 2.75) is 6.42 Å². The molecule has 0 bridgehead atoms. The van der Waals surface area contributed by atoms with Gasteiger partial charge in [-0.1, -0.05) is 17.7 Å². The van der Waals surface area contributed by atoms with Crippen LogP contribution in [0.15, 0.2) is 42.5 Å². The van der Waals surface area contributed by atoms with Crippen LogP contribution in [0.1, 0.15) is 6.42 Å². The average molecular weight is 430 g/mol. The maximum Gasteiger partial charge on any atom is 0.414 e. The van der Waals surface area contributed by atoms with E-state index in [1.54, 1.807) is 42.5 Å². The van der Waals surface area contributed by atoms with E-state index in [0.717, 1.165) is 0 Å². The van der Waals surface area contributed by atoms with E-state index in [9.17, 15) is 14.4 Å². The molecule has 3 amide bonds. The second-order valence-electron chi connectivity index (χ2n) is 7.03. The second-order valence-corrected chi connectivity index (χ2v) is 7.46. The smallest absolute Gasteiger partial charge is 0.414 e. The van der Waals surface area contributed by atoms with Crippen molar-refractivity contribution in [1.82, 2.24) is 0 Å². The van der Waals surface area contributed by atoms with Crippen molar-refractivity contribution in [3.05, 3.63) is 47.5 Å². The molecule has 2 aromatic carbocycles. The molecule has 0 spiro atoms. The summed E-state index contributed by atoms with van der Waals surface area (Å²) in [5.41, 5.74) is 1.73. The molecule has 8 nitrogen and oxygen atoms in total. The number of hydrogen-bond acceptors (Lipinski definition) is 5. The Balaban J connectivity index is 1.47. The van der Waals surface area contributed by atoms with Gasteiger partial charge in [-0.15, -0.1) is 0 Å². The lowest BCUT2D eigenvalue weighted by Gasteiger charge is -2.20. The molecule has 0 radical (unpaired) electrons. The quantitative estimate of drug-likeness (QED) is 0.787. The maximum atomic E-state index is 12.8. The Morgan fingerprint density at radius 3 is 2.77 bits per heavy atom. The first-order chi connectivity index (χ1) is 14.5. The van der Waals surface area contributed by atoms with Crippen molar-refractivity contribution in [3.8, 4) is 5.75 Å². The van der Waals surface area contributed by atoms with Crippen molar-refractivity contribution in [2.75, 3.05) is 41.9 Å². The largest absolute Gasteiger partial charge is 0.495 e. The predicted octanol–water partition coefficient (Wildman–Crippen LogP) is 3.30. The molecule has 2 aliphatic heterocycles. The van der Waals surface area contributed by atoms with Crippen LogP contribution in [0.2, 0.25) is 5.02 Å². The summed E-state index contributed by atoms with van der Waals surface area (Å²) >= 11 is 6.08. The van der Waals surface area contributed by atoms with Crippen LogP contribution in [0.3, 0.4) is 0 Å². The monoisotopic (exact) mass is 429 g/mol. The minimum atomic E-state index is -0.526. The van der Waals surface area contributed by atoms with Gasteiger partial charge >= 0.3 is 6.09 Å². The number of ether oxygens (including phenoxy) is 2. The fraction of sp³-hybridized carbons (Fsp3) is 0.286. The topological polar surface area (TPSA) is 88.2 Å². The van der Waals surface area contributed by atoms with Crippen LogP contribution in [0.25, 0.3) is 0 Å². The zero-order valence-electron chi connectivity index (χ0n) is 16.3. The van der Waals surface area contributed by atoms with Gasteiger partial charge in [0, 0.05) is 29.4 Å². The molecule has 0 aliphatic carbocycles. The van der Waals surface area contributed by atoms with Gasteiger partial charge in [0.1, 0.15) is 12.4 Å². The summed E-state index contributed by atoms with van der Waals surface area (Å²) in [6.45, 7) is 1.02. The summed E-state index contributed by atoms with van der Waals surface area (Å²) in [6.07, 6.45) is -0.328. The van der Waals surface area contributed by atoms with Crippen molar-refractivity contribution < 1.29 is 23.9 Å². The van der Waals surface area contributed by atoms with Crippen molar-refractivity contribution >= 4 is 46.6 Å². The van der Waals surface area contributed by atoms with Gasteiger partial charge in [0.2, 0.25) is 11.8 Å². The Labute approximate surface area is 178 Å². The molecule has 2 saturated heterocycles. The molecule has 156 valence electrons. The van der Waals surface area contributed by atoms with Crippen LogP contribution < -0.4 is 19.9 Å². The summed E-state index contributed by atoms with van der Waals surface area (Å²) in [5, 5.41) is 3.32. The number of anilines is 3. The fourth-order valence-electron chi connectivity index (χ4n) is 3.61. The van der Waals surface area contributed by atoms with Gasteiger partial charge < -0.3 is 19.7 Å². The summed E-state index contributed by atoms with van der Waals surface area (Å²) in [7, 11) is 1.51. The molecular weight excluding hydrogens is 410 g/mol. The van der Waals surface area contributed by atoms with Crippen LogP contribution in [0.4, 0.5) is 21.9 Å². The number of carbonyl (C=O) groups excluding carboxylic acids is 3. The molecule has 9 heteroatoms. The minimum absolute atomic E-state index is 0.0830. The van der Waals surface area contributed by atoms with Crippen LogP contribution >= 0.6 is 11.6 Å². The molecule has 2 aromatic rings. The van der Waals surface area contributed by atoms with E-state index < -0.39 is 12.0 Å². The first kappa shape index (κ1) is 20.0. The lowest BCUT2D eigenvalue weighted by Crippen LogP contribution is -2.28. The standard InChI is InChI=1S/C21H20ClN3O5/c1-29-18-6-5-14(22)10-17(18)25-12-13(9-19(25)26)20(27)23-15-3-2-4-16(11-15)24-7-8-30-21(24)28/h2-6,10-11,13H,7-9,12H2,1H3,(H,23,27). The minimum Gasteiger partial charge on any atom is -0.495 e.